The van der Waals surface area contributed by atoms with Crippen LogP contribution in [0, 0.1) is 0 Å². The molecule has 0 aromatic heterocycles. The lowest BCUT2D eigenvalue weighted by Crippen LogP contribution is -2.19. The Kier molecular flexibility index (Phi) is 5.43. The van der Waals surface area contributed by atoms with E-state index in [-0.39, 0.29) is 17.6 Å². The van der Waals surface area contributed by atoms with Crippen molar-refractivity contribution >= 4 is 39.7 Å². The topological polar surface area (TPSA) is 72.2 Å². The highest BCUT2D eigenvalue weighted by Crippen LogP contribution is 2.24. The second-order valence-electron chi connectivity index (χ2n) is 5.03. The second kappa shape index (κ2) is 7.09. The van der Waals surface area contributed by atoms with Crippen LogP contribution in [0.1, 0.15) is 32.1 Å². The van der Waals surface area contributed by atoms with Crippen LogP contribution < -0.4 is 11.1 Å². The number of halogens is 1. The van der Waals surface area contributed by atoms with Crippen molar-refractivity contribution in [1.29, 1.82) is 0 Å². The molecule has 1 fully saturated rings. The second-order valence-corrected chi connectivity index (χ2v) is 7.27. The lowest BCUT2D eigenvalue weighted by Gasteiger charge is -2.10. The van der Waals surface area contributed by atoms with Crippen LogP contribution in [-0.4, -0.2) is 21.1 Å². The number of nitrogens with two attached hydrogens (primary N) is 1. The maximum atomic E-state index is 12.0. The van der Waals surface area contributed by atoms with Gasteiger partial charge in [-0.3, -0.25) is 9.00 Å². The molecule has 0 saturated heterocycles. The summed E-state index contributed by atoms with van der Waals surface area (Å²) >= 11 is 5.81. The highest BCUT2D eigenvalue weighted by molar-refractivity contribution is 7.85. The van der Waals surface area contributed by atoms with Crippen molar-refractivity contribution < 1.29 is 9.00 Å². The molecule has 1 unspecified atom stereocenters. The SMILES string of the molecule is Nc1cc(NC(=O)CCS(=O)C2CCCC2)ccc1Cl. The Morgan fingerprint density at radius 2 is 2.10 bits per heavy atom. The molecule has 1 saturated carbocycles. The molecule has 110 valence electrons. The smallest absolute Gasteiger partial charge is 0.225 e. The first-order valence-electron chi connectivity index (χ1n) is 6.78. The Hall–Kier alpha value is -1.07. The van der Waals surface area contributed by atoms with Crippen LogP contribution in [0.3, 0.4) is 0 Å². The van der Waals surface area contributed by atoms with E-state index in [1.807, 2.05) is 0 Å². The molecule has 0 radical (unpaired) electrons. The van der Waals surface area contributed by atoms with Crippen LogP contribution in [0.5, 0.6) is 0 Å². The maximum absolute atomic E-state index is 12.0. The van der Waals surface area contributed by atoms with Gasteiger partial charge in [-0.2, -0.15) is 0 Å². The summed E-state index contributed by atoms with van der Waals surface area (Å²) < 4.78 is 12.0. The van der Waals surface area contributed by atoms with Gasteiger partial charge in [0.1, 0.15) is 0 Å². The fourth-order valence-corrected chi connectivity index (χ4v) is 4.05. The molecule has 3 N–H and O–H groups in total. The van der Waals surface area contributed by atoms with E-state index >= 15 is 0 Å². The van der Waals surface area contributed by atoms with Gasteiger partial charge in [0.15, 0.2) is 0 Å². The molecule has 4 nitrogen and oxygen atoms in total. The van der Waals surface area contributed by atoms with Gasteiger partial charge >= 0.3 is 0 Å². The molecular formula is C14H19ClN2O2S. The molecule has 0 spiro atoms. The summed E-state index contributed by atoms with van der Waals surface area (Å²) in [6, 6.07) is 4.96. The van der Waals surface area contributed by atoms with E-state index in [0.29, 0.717) is 22.2 Å². The number of hydrogen-bond acceptors (Lipinski definition) is 3. The van der Waals surface area contributed by atoms with Gasteiger partial charge in [0.05, 0.1) is 10.7 Å². The van der Waals surface area contributed by atoms with Crippen molar-refractivity contribution in [1.82, 2.24) is 0 Å². The maximum Gasteiger partial charge on any atom is 0.225 e. The normalized spacial score (nSPS) is 17.1. The third-order valence-electron chi connectivity index (χ3n) is 3.48. The average molecular weight is 315 g/mol. The molecular weight excluding hydrogens is 296 g/mol. The van der Waals surface area contributed by atoms with Crippen molar-refractivity contribution in [2.45, 2.75) is 37.4 Å². The Labute approximate surface area is 126 Å². The fraction of sp³-hybridized carbons (Fsp3) is 0.500. The minimum absolute atomic E-state index is 0.141. The van der Waals surface area contributed by atoms with Gasteiger partial charge in [0, 0.05) is 33.9 Å². The van der Waals surface area contributed by atoms with E-state index in [4.69, 9.17) is 17.3 Å². The molecule has 1 amide bonds. The van der Waals surface area contributed by atoms with E-state index in [2.05, 4.69) is 5.32 Å². The van der Waals surface area contributed by atoms with E-state index < -0.39 is 10.8 Å². The summed E-state index contributed by atoms with van der Waals surface area (Å²) in [5.74, 6) is 0.289. The zero-order valence-electron chi connectivity index (χ0n) is 11.2. The highest BCUT2D eigenvalue weighted by atomic mass is 35.5. The summed E-state index contributed by atoms with van der Waals surface area (Å²) in [5, 5.41) is 3.49. The van der Waals surface area contributed by atoms with Gasteiger partial charge in [-0.1, -0.05) is 24.4 Å². The van der Waals surface area contributed by atoms with Gasteiger partial charge < -0.3 is 11.1 Å². The van der Waals surface area contributed by atoms with E-state index in [0.717, 1.165) is 25.7 Å². The van der Waals surface area contributed by atoms with E-state index in [9.17, 15) is 9.00 Å². The lowest BCUT2D eigenvalue weighted by molar-refractivity contribution is -0.115. The highest BCUT2D eigenvalue weighted by Gasteiger charge is 2.21. The minimum Gasteiger partial charge on any atom is -0.397 e. The molecule has 20 heavy (non-hydrogen) atoms. The zero-order valence-corrected chi connectivity index (χ0v) is 12.8. The van der Waals surface area contributed by atoms with E-state index in [1.54, 1.807) is 18.2 Å². The van der Waals surface area contributed by atoms with Gasteiger partial charge in [-0.25, -0.2) is 0 Å². The fourth-order valence-electron chi connectivity index (χ4n) is 2.36. The third kappa shape index (κ3) is 4.21. The van der Waals surface area contributed by atoms with Crippen molar-refractivity contribution in [3.8, 4) is 0 Å². The molecule has 1 atom stereocenters. The summed E-state index contributed by atoms with van der Waals surface area (Å²) in [5.41, 5.74) is 6.71. The molecule has 0 bridgehead atoms. The first kappa shape index (κ1) is 15.3. The minimum atomic E-state index is -0.889. The first-order chi connectivity index (χ1) is 9.56. The molecule has 1 aromatic carbocycles. The summed E-state index contributed by atoms with van der Waals surface area (Å²) in [6.45, 7) is 0. The molecule has 2 rings (SSSR count). The average Bonchev–Trinajstić information content (AvgIpc) is 2.94. The van der Waals surface area contributed by atoms with Crippen LogP contribution in [0.25, 0.3) is 0 Å². The van der Waals surface area contributed by atoms with Crippen molar-refractivity contribution in [3.05, 3.63) is 23.2 Å². The van der Waals surface area contributed by atoms with Gasteiger partial charge in [0.2, 0.25) is 5.91 Å². The number of nitrogen functional groups attached to an aromatic ring is 1. The number of benzene rings is 1. The van der Waals surface area contributed by atoms with Crippen molar-refractivity contribution in [3.63, 3.8) is 0 Å². The van der Waals surface area contributed by atoms with Gasteiger partial charge in [-0.15, -0.1) is 0 Å². The largest absolute Gasteiger partial charge is 0.397 e. The van der Waals surface area contributed by atoms with Crippen molar-refractivity contribution in [2.75, 3.05) is 16.8 Å². The zero-order chi connectivity index (χ0) is 14.5. The predicted molar refractivity (Wildman–Crippen MR) is 84.4 cm³/mol. The predicted octanol–water partition coefficient (Wildman–Crippen LogP) is 2.94. The number of carbonyl (C=O) groups is 1. The van der Waals surface area contributed by atoms with Crippen LogP contribution in [0.15, 0.2) is 18.2 Å². The number of anilines is 2. The monoisotopic (exact) mass is 314 g/mol. The van der Waals surface area contributed by atoms with Gasteiger partial charge in [0.25, 0.3) is 0 Å². The van der Waals surface area contributed by atoms with Crippen LogP contribution >= 0.6 is 11.6 Å². The number of carbonyl (C=O) groups excluding carboxylic acids is 1. The summed E-state index contributed by atoms with van der Waals surface area (Å²) in [4.78, 5) is 11.8. The van der Waals surface area contributed by atoms with Gasteiger partial charge in [-0.05, 0) is 31.0 Å². The Morgan fingerprint density at radius 3 is 2.75 bits per heavy atom. The first-order valence-corrected chi connectivity index (χ1v) is 8.54. The Bertz CT molecular complexity index is 516. The lowest BCUT2D eigenvalue weighted by atomic mass is 10.2. The quantitative estimate of drug-likeness (QED) is 0.821. The standard InChI is InChI=1S/C14H19ClN2O2S/c15-12-6-5-10(9-13(12)16)17-14(18)7-8-20(19)11-3-1-2-4-11/h5-6,9,11H,1-4,7-8,16H2,(H,17,18). The number of rotatable bonds is 5. The van der Waals surface area contributed by atoms with Crippen LogP contribution in [-0.2, 0) is 15.6 Å². The molecule has 0 heterocycles. The molecule has 0 aliphatic heterocycles. The van der Waals surface area contributed by atoms with Crippen LogP contribution in [0.2, 0.25) is 5.02 Å². The molecule has 1 aliphatic carbocycles. The number of amides is 1. The molecule has 1 aliphatic rings. The van der Waals surface area contributed by atoms with Crippen molar-refractivity contribution in [2.24, 2.45) is 0 Å². The number of hydrogen-bond donors (Lipinski definition) is 2. The Balaban J connectivity index is 1.80. The van der Waals surface area contributed by atoms with E-state index in [1.165, 1.54) is 0 Å². The Morgan fingerprint density at radius 1 is 1.40 bits per heavy atom. The third-order valence-corrected chi connectivity index (χ3v) is 5.65. The summed E-state index contributed by atoms with van der Waals surface area (Å²) in [7, 11) is -0.889. The molecule has 1 aromatic rings. The van der Waals surface area contributed by atoms with Crippen LogP contribution in [0.4, 0.5) is 11.4 Å². The summed E-state index contributed by atoms with van der Waals surface area (Å²) in [6.07, 6.45) is 4.65. The molecule has 6 heteroatoms. The number of nitrogens with one attached hydrogen (secondary N) is 1.